The van der Waals surface area contributed by atoms with Crippen LogP contribution in [0.4, 0.5) is 34.9 Å². The van der Waals surface area contributed by atoms with Gasteiger partial charge in [-0.05, 0) is 36.4 Å². The highest BCUT2D eigenvalue weighted by Gasteiger charge is 2.12. The van der Waals surface area contributed by atoms with Gasteiger partial charge in [-0.3, -0.25) is 0 Å². The Balaban J connectivity index is 1.70. The van der Waals surface area contributed by atoms with E-state index in [2.05, 4.69) is 25.6 Å². The minimum Gasteiger partial charge on any atom is -0.324 e. The summed E-state index contributed by atoms with van der Waals surface area (Å²) in [7, 11) is 1.93. The molecule has 138 valence electrons. The summed E-state index contributed by atoms with van der Waals surface area (Å²) in [5, 5.41) is 6.50. The van der Waals surface area contributed by atoms with Gasteiger partial charge in [0.05, 0.1) is 0 Å². The molecule has 4 aromatic rings. The Kier molecular flexibility index (Phi) is 5.11. The van der Waals surface area contributed by atoms with Gasteiger partial charge in [-0.25, -0.2) is 0 Å². The van der Waals surface area contributed by atoms with Crippen LogP contribution in [0, 0.1) is 0 Å². The topological polar surface area (TPSA) is 66.0 Å². The summed E-state index contributed by atoms with van der Waals surface area (Å²) in [6.45, 7) is 0. The van der Waals surface area contributed by atoms with Crippen molar-refractivity contribution in [1.29, 1.82) is 0 Å². The number of rotatable bonds is 6. The second kappa shape index (κ2) is 8.18. The van der Waals surface area contributed by atoms with E-state index < -0.39 is 0 Å². The molecule has 2 N–H and O–H groups in total. The molecule has 28 heavy (non-hydrogen) atoms. The van der Waals surface area contributed by atoms with E-state index in [0.29, 0.717) is 17.8 Å². The Labute approximate surface area is 163 Å². The predicted octanol–water partition coefficient (Wildman–Crippen LogP) is 5.13. The summed E-state index contributed by atoms with van der Waals surface area (Å²) >= 11 is 0. The number of nitrogens with one attached hydrogen (secondary N) is 2. The van der Waals surface area contributed by atoms with Crippen molar-refractivity contribution in [3.8, 4) is 0 Å². The number of anilines is 6. The van der Waals surface area contributed by atoms with Gasteiger partial charge in [0.15, 0.2) is 0 Å². The van der Waals surface area contributed by atoms with E-state index in [1.807, 2.05) is 103 Å². The molecule has 0 spiro atoms. The third-order valence-corrected chi connectivity index (χ3v) is 4.13. The van der Waals surface area contributed by atoms with E-state index in [1.54, 1.807) is 0 Å². The molecule has 0 aliphatic carbocycles. The number of para-hydroxylation sites is 3. The molecule has 6 heteroatoms. The molecule has 0 unspecified atom stereocenters. The highest BCUT2D eigenvalue weighted by Crippen LogP contribution is 2.24. The number of hydrogen-bond acceptors (Lipinski definition) is 6. The van der Waals surface area contributed by atoms with Crippen molar-refractivity contribution in [1.82, 2.24) is 15.0 Å². The zero-order chi connectivity index (χ0) is 19.2. The first-order chi connectivity index (χ1) is 13.8. The van der Waals surface area contributed by atoms with Crippen molar-refractivity contribution in [3.63, 3.8) is 0 Å². The van der Waals surface area contributed by atoms with Crippen molar-refractivity contribution in [2.75, 3.05) is 22.6 Å². The summed E-state index contributed by atoms with van der Waals surface area (Å²) in [5.41, 5.74) is 2.81. The Morgan fingerprint density at radius 1 is 0.571 bits per heavy atom. The standard InChI is InChI=1S/C22H20N6/c1-28(19-15-9-4-10-16-19)22-26-20(23-17-11-5-2-6-12-17)25-21(27-22)24-18-13-7-3-8-14-18/h2-16H,1H3,(H2,23,24,25,26,27). The van der Waals surface area contributed by atoms with Crippen LogP contribution in [0.15, 0.2) is 91.0 Å². The van der Waals surface area contributed by atoms with Crippen molar-refractivity contribution in [2.45, 2.75) is 0 Å². The largest absolute Gasteiger partial charge is 0.324 e. The second-order valence-electron chi connectivity index (χ2n) is 6.16. The molecule has 0 aliphatic rings. The minimum atomic E-state index is 0.470. The molecule has 0 atom stereocenters. The van der Waals surface area contributed by atoms with Crippen LogP contribution in [-0.4, -0.2) is 22.0 Å². The van der Waals surface area contributed by atoms with E-state index in [-0.39, 0.29) is 0 Å². The average molecular weight is 368 g/mol. The van der Waals surface area contributed by atoms with Crippen LogP contribution >= 0.6 is 0 Å². The molecule has 0 aliphatic heterocycles. The summed E-state index contributed by atoms with van der Waals surface area (Å²) in [6.07, 6.45) is 0. The molecule has 0 amide bonds. The summed E-state index contributed by atoms with van der Waals surface area (Å²) in [6, 6.07) is 29.6. The van der Waals surface area contributed by atoms with Gasteiger partial charge in [0.2, 0.25) is 17.8 Å². The first kappa shape index (κ1) is 17.5. The van der Waals surface area contributed by atoms with Crippen LogP contribution in [0.25, 0.3) is 0 Å². The molecule has 0 saturated carbocycles. The van der Waals surface area contributed by atoms with Crippen LogP contribution in [0.5, 0.6) is 0 Å². The van der Waals surface area contributed by atoms with Crippen LogP contribution in [0.3, 0.4) is 0 Å². The van der Waals surface area contributed by atoms with Crippen LogP contribution in [-0.2, 0) is 0 Å². The first-order valence-corrected chi connectivity index (χ1v) is 8.97. The monoisotopic (exact) mass is 368 g/mol. The molecule has 0 saturated heterocycles. The lowest BCUT2D eigenvalue weighted by molar-refractivity contribution is 0.996. The van der Waals surface area contributed by atoms with Crippen molar-refractivity contribution in [2.24, 2.45) is 0 Å². The van der Waals surface area contributed by atoms with Crippen LogP contribution in [0.1, 0.15) is 0 Å². The van der Waals surface area contributed by atoms with Gasteiger partial charge in [0.25, 0.3) is 0 Å². The van der Waals surface area contributed by atoms with Gasteiger partial charge in [-0.2, -0.15) is 15.0 Å². The fourth-order valence-corrected chi connectivity index (χ4v) is 2.69. The average Bonchev–Trinajstić information content (AvgIpc) is 2.75. The number of hydrogen-bond donors (Lipinski definition) is 2. The van der Waals surface area contributed by atoms with E-state index in [1.165, 1.54) is 0 Å². The lowest BCUT2D eigenvalue weighted by Crippen LogP contribution is -2.15. The Morgan fingerprint density at radius 2 is 1.00 bits per heavy atom. The molecule has 0 radical (unpaired) electrons. The van der Waals surface area contributed by atoms with Gasteiger partial charge in [0, 0.05) is 24.1 Å². The third kappa shape index (κ3) is 4.24. The molecule has 4 rings (SSSR count). The van der Waals surface area contributed by atoms with E-state index >= 15 is 0 Å². The quantitative estimate of drug-likeness (QED) is 0.492. The first-order valence-electron chi connectivity index (χ1n) is 8.97. The van der Waals surface area contributed by atoms with Crippen molar-refractivity contribution < 1.29 is 0 Å². The molecule has 6 nitrogen and oxygen atoms in total. The third-order valence-electron chi connectivity index (χ3n) is 4.13. The van der Waals surface area contributed by atoms with Gasteiger partial charge < -0.3 is 15.5 Å². The maximum Gasteiger partial charge on any atom is 0.236 e. The van der Waals surface area contributed by atoms with Gasteiger partial charge in [-0.1, -0.05) is 54.6 Å². The normalized spacial score (nSPS) is 10.3. The minimum absolute atomic E-state index is 0.470. The van der Waals surface area contributed by atoms with Crippen molar-refractivity contribution >= 4 is 34.9 Å². The molecule has 0 bridgehead atoms. The number of aromatic nitrogens is 3. The fourth-order valence-electron chi connectivity index (χ4n) is 2.69. The second-order valence-corrected chi connectivity index (χ2v) is 6.16. The smallest absolute Gasteiger partial charge is 0.236 e. The van der Waals surface area contributed by atoms with Gasteiger partial charge >= 0.3 is 0 Å². The fraction of sp³-hybridized carbons (Fsp3) is 0.0455. The van der Waals surface area contributed by atoms with E-state index in [4.69, 9.17) is 0 Å². The summed E-state index contributed by atoms with van der Waals surface area (Å²) < 4.78 is 0. The van der Waals surface area contributed by atoms with E-state index in [9.17, 15) is 0 Å². The van der Waals surface area contributed by atoms with Crippen LogP contribution in [0.2, 0.25) is 0 Å². The molecule has 1 heterocycles. The number of benzene rings is 3. The zero-order valence-corrected chi connectivity index (χ0v) is 15.4. The Hall–Kier alpha value is -3.93. The van der Waals surface area contributed by atoms with Crippen molar-refractivity contribution in [3.05, 3.63) is 91.0 Å². The highest BCUT2D eigenvalue weighted by atomic mass is 15.3. The SMILES string of the molecule is CN(c1ccccc1)c1nc(Nc2ccccc2)nc(Nc2ccccc2)n1. The lowest BCUT2D eigenvalue weighted by Gasteiger charge is -2.19. The number of nitrogens with zero attached hydrogens (tertiary/aromatic N) is 4. The maximum atomic E-state index is 4.60. The van der Waals surface area contributed by atoms with Gasteiger partial charge in [0.1, 0.15) is 0 Å². The summed E-state index contributed by atoms with van der Waals surface area (Å²) in [4.78, 5) is 15.7. The Morgan fingerprint density at radius 3 is 1.46 bits per heavy atom. The van der Waals surface area contributed by atoms with E-state index in [0.717, 1.165) is 17.1 Å². The summed E-state index contributed by atoms with van der Waals surface area (Å²) in [5.74, 6) is 1.48. The predicted molar refractivity (Wildman–Crippen MR) is 114 cm³/mol. The lowest BCUT2D eigenvalue weighted by atomic mass is 10.3. The highest BCUT2D eigenvalue weighted by molar-refractivity contribution is 5.62. The molecule has 3 aromatic carbocycles. The maximum absolute atomic E-state index is 4.60. The molecule has 0 fully saturated rings. The van der Waals surface area contributed by atoms with Crippen LogP contribution < -0.4 is 15.5 Å². The van der Waals surface area contributed by atoms with Gasteiger partial charge in [-0.15, -0.1) is 0 Å². The molecule has 1 aromatic heterocycles. The molecular weight excluding hydrogens is 348 g/mol. The Bertz CT molecular complexity index is 963. The molecular formula is C22H20N6. The zero-order valence-electron chi connectivity index (χ0n) is 15.4.